The number of carbonyl (C=O) groups is 2. The number of rotatable bonds is 6. The number of carbonyl (C=O) groups excluding carboxylic acids is 1. The molecule has 0 saturated carbocycles. The molecule has 0 atom stereocenters. The minimum absolute atomic E-state index is 0.174. The van der Waals surface area contributed by atoms with Crippen molar-refractivity contribution in [2.45, 2.75) is 13.5 Å². The first-order chi connectivity index (χ1) is 15.3. The summed E-state index contributed by atoms with van der Waals surface area (Å²) >= 11 is 3.21. The van der Waals surface area contributed by atoms with E-state index in [2.05, 4.69) is 20.9 Å². The van der Waals surface area contributed by atoms with Crippen molar-refractivity contribution in [2.75, 3.05) is 6.54 Å². The quantitative estimate of drug-likeness (QED) is 0.357. The summed E-state index contributed by atoms with van der Waals surface area (Å²) in [5.41, 5.74) is 3.83. The maximum Gasteiger partial charge on any atom is 0.323 e. The van der Waals surface area contributed by atoms with Gasteiger partial charge in [0.05, 0.1) is 0 Å². The number of carboxylic acids is 1. The van der Waals surface area contributed by atoms with E-state index in [9.17, 15) is 19.1 Å². The number of benzene rings is 3. The largest absolute Gasteiger partial charge is 0.480 e. The van der Waals surface area contributed by atoms with Crippen molar-refractivity contribution >= 4 is 38.7 Å². The molecule has 5 nitrogen and oxygen atoms in total. The molecule has 0 radical (unpaired) electrons. The molecular formula is C25H20BrFN2O3. The van der Waals surface area contributed by atoms with E-state index in [1.165, 1.54) is 12.1 Å². The Hall–Kier alpha value is -3.45. The second-order valence-corrected chi connectivity index (χ2v) is 8.50. The maximum atomic E-state index is 14.4. The molecule has 2 N–H and O–H groups in total. The molecule has 1 aromatic heterocycles. The molecule has 4 aromatic rings. The Morgan fingerprint density at radius 1 is 1.06 bits per heavy atom. The molecule has 32 heavy (non-hydrogen) atoms. The van der Waals surface area contributed by atoms with Crippen molar-refractivity contribution in [3.05, 3.63) is 93.8 Å². The van der Waals surface area contributed by atoms with Gasteiger partial charge in [-0.15, -0.1) is 0 Å². The smallest absolute Gasteiger partial charge is 0.323 e. The number of nitrogens with one attached hydrogen (secondary N) is 1. The van der Waals surface area contributed by atoms with Crippen molar-refractivity contribution in [3.8, 4) is 11.1 Å². The van der Waals surface area contributed by atoms with Crippen LogP contribution in [0.25, 0.3) is 22.0 Å². The number of aliphatic carboxylic acids is 1. The fourth-order valence-electron chi connectivity index (χ4n) is 3.75. The van der Waals surface area contributed by atoms with Crippen molar-refractivity contribution < 1.29 is 19.1 Å². The lowest BCUT2D eigenvalue weighted by molar-refractivity contribution is -0.137. The SMILES string of the molecule is Cc1ccc2[nH]c(C(=O)N(CC(=O)O)Cc3ccc(Br)cc3F)c(-c3ccccc3)c2c1. The summed E-state index contributed by atoms with van der Waals surface area (Å²) in [5.74, 6) is -2.20. The fourth-order valence-corrected chi connectivity index (χ4v) is 4.08. The van der Waals surface area contributed by atoms with Crippen LogP contribution in [-0.4, -0.2) is 33.4 Å². The molecule has 3 aromatic carbocycles. The lowest BCUT2D eigenvalue weighted by Gasteiger charge is -2.21. The van der Waals surface area contributed by atoms with Crippen molar-refractivity contribution in [3.63, 3.8) is 0 Å². The zero-order valence-corrected chi connectivity index (χ0v) is 18.8. The van der Waals surface area contributed by atoms with Gasteiger partial charge in [-0.1, -0.05) is 64.0 Å². The van der Waals surface area contributed by atoms with Gasteiger partial charge >= 0.3 is 5.97 Å². The highest BCUT2D eigenvalue weighted by molar-refractivity contribution is 9.10. The van der Waals surface area contributed by atoms with Gasteiger partial charge in [0.2, 0.25) is 0 Å². The Morgan fingerprint density at radius 3 is 2.50 bits per heavy atom. The van der Waals surface area contributed by atoms with Gasteiger partial charge in [-0.25, -0.2) is 4.39 Å². The molecule has 0 aliphatic heterocycles. The normalized spacial score (nSPS) is 11.0. The number of aromatic nitrogens is 1. The molecule has 0 saturated heterocycles. The number of amides is 1. The first-order valence-corrected chi connectivity index (χ1v) is 10.8. The summed E-state index contributed by atoms with van der Waals surface area (Å²) in [4.78, 5) is 29.5. The van der Waals surface area contributed by atoms with Crippen LogP contribution in [0.3, 0.4) is 0 Å². The zero-order chi connectivity index (χ0) is 22.8. The maximum absolute atomic E-state index is 14.4. The topological polar surface area (TPSA) is 73.4 Å². The molecule has 0 spiro atoms. The van der Waals surface area contributed by atoms with Crippen LogP contribution in [0.5, 0.6) is 0 Å². The summed E-state index contributed by atoms with van der Waals surface area (Å²) in [6.45, 7) is 1.24. The number of hydrogen-bond donors (Lipinski definition) is 2. The summed E-state index contributed by atoms with van der Waals surface area (Å²) in [6, 6.07) is 19.7. The molecule has 162 valence electrons. The molecule has 1 heterocycles. The Kier molecular flexibility index (Phi) is 6.10. The molecule has 7 heteroatoms. The number of fused-ring (bicyclic) bond motifs is 1. The standard InChI is InChI=1S/C25H20BrFN2O3/c1-15-7-10-21-19(11-15)23(16-5-3-2-4-6-16)24(28-21)25(32)29(14-22(30)31)13-17-8-9-18(26)12-20(17)27/h2-12,28H,13-14H2,1H3,(H,30,31). The lowest BCUT2D eigenvalue weighted by atomic mass is 10.00. The first-order valence-electron chi connectivity index (χ1n) is 9.96. The van der Waals surface area contributed by atoms with Crippen LogP contribution in [-0.2, 0) is 11.3 Å². The van der Waals surface area contributed by atoms with Crippen LogP contribution in [0.1, 0.15) is 21.6 Å². The predicted octanol–water partition coefficient (Wildman–Crippen LogP) is 5.77. The number of carboxylic acid groups (broad SMARTS) is 1. The molecule has 0 unspecified atom stereocenters. The van der Waals surface area contributed by atoms with E-state index in [-0.39, 0.29) is 17.8 Å². The Labute approximate surface area is 192 Å². The highest BCUT2D eigenvalue weighted by Gasteiger charge is 2.26. The predicted molar refractivity (Wildman–Crippen MR) is 125 cm³/mol. The summed E-state index contributed by atoms with van der Waals surface area (Å²) < 4.78 is 15.0. The number of H-pyrrole nitrogens is 1. The Bertz CT molecular complexity index is 1320. The van der Waals surface area contributed by atoms with Crippen molar-refractivity contribution in [1.82, 2.24) is 9.88 Å². The summed E-state index contributed by atoms with van der Waals surface area (Å²) in [6.07, 6.45) is 0. The van der Waals surface area contributed by atoms with E-state index in [0.29, 0.717) is 10.0 Å². The molecule has 0 aliphatic carbocycles. The molecule has 1 amide bonds. The van der Waals surface area contributed by atoms with Gasteiger partial charge in [-0.3, -0.25) is 9.59 Å². The average Bonchev–Trinajstić information content (AvgIpc) is 3.13. The minimum Gasteiger partial charge on any atom is -0.480 e. The second kappa shape index (κ2) is 8.96. The molecule has 0 aliphatic rings. The highest BCUT2D eigenvalue weighted by atomic mass is 79.9. The van der Waals surface area contributed by atoms with Crippen molar-refractivity contribution in [1.29, 1.82) is 0 Å². The van der Waals surface area contributed by atoms with Gasteiger partial charge < -0.3 is 15.0 Å². The van der Waals surface area contributed by atoms with Gasteiger partial charge in [0.15, 0.2) is 0 Å². The first kappa shape index (κ1) is 21.8. The van der Waals surface area contributed by atoms with E-state index >= 15 is 0 Å². The van der Waals surface area contributed by atoms with E-state index in [1.54, 1.807) is 6.07 Å². The Balaban J connectivity index is 1.83. The lowest BCUT2D eigenvalue weighted by Crippen LogP contribution is -2.36. The molecule has 4 rings (SSSR count). The third-order valence-corrected chi connectivity index (χ3v) is 5.71. The van der Waals surface area contributed by atoms with Gasteiger partial charge in [-0.2, -0.15) is 0 Å². The average molecular weight is 495 g/mol. The van der Waals surface area contributed by atoms with Gasteiger partial charge in [0, 0.05) is 33.0 Å². The summed E-state index contributed by atoms with van der Waals surface area (Å²) in [7, 11) is 0. The monoisotopic (exact) mass is 494 g/mol. The molecule has 0 fully saturated rings. The van der Waals surface area contributed by atoms with Gasteiger partial charge in [-0.05, 0) is 36.8 Å². The van der Waals surface area contributed by atoms with Crippen molar-refractivity contribution in [2.24, 2.45) is 0 Å². The molecular weight excluding hydrogens is 475 g/mol. The third kappa shape index (κ3) is 4.43. The van der Waals surface area contributed by atoms with Crippen LogP contribution in [0.4, 0.5) is 4.39 Å². The number of halogens is 2. The van der Waals surface area contributed by atoms with Crippen LogP contribution in [0, 0.1) is 12.7 Å². The Morgan fingerprint density at radius 2 is 1.81 bits per heavy atom. The number of aromatic amines is 1. The van der Waals surface area contributed by atoms with Crippen LogP contribution in [0.2, 0.25) is 0 Å². The third-order valence-electron chi connectivity index (χ3n) is 5.22. The van der Waals surface area contributed by atoms with Gasteiger partial charge in [0.25, 0.3) is 5.91 Å². The van der Waals surface area contributed by atoms with Gasteiger partial charge in [0.1, 0.15) is 18.1 Å². The number of hydrogen-bond acceptors (Lipinski definition) is 2. The van der Waals surface area contributed by atoms with Crippen LogP contribution in [0.15, 0.2) is 71.2 Å². The zero-order valence-electron chi connectivity index (χ0n) is 17.2. The van der Waals surface area contributed by atoms with E-state index in [4.69, 9.17) is 0 Å². The minimum atomic E-state index is -1.18. The van der Waals surface area contributed by atoms with Crippen LogP contribution < -0.4 is 0 Å². The van der Waals surface area contributed by atoms with Crippen LogP contribution >= 0.6 is 15.9 Å². The second-order valence-electron chi connectivity index (χ2n) is 7.58. The number of nitrogens with zero attached hydrogens (tertiary/aromatic N) is 1. The summed E-state index contributed by atoms with van der Waals surface area (Å²) in [5, 5.41) is 10.3. The highest BCUT2D eigenvalue weighted by Crippen LogP contribution is 2.34. The molecule has 0 bridgehead atoms. The fraction of sp³-hybridized carbons (Fsp3) is 0.120. The van der Waals surface area contributed by atoms with E-state index in [0.717, 1.165) is 26.9 Å². The van der Waals surface area contributed by atoms with E-state index in [1.807, 2.05) is 55.5 Å². The van der Waals surface area contributed by atoms with E-state index < -0.39 is 24.2 Å². The number of aryl methyl sites for hydroxylation is 1.